The van der Waals surface area contributed by atoms with E-state index >= 15 is 0 Å². The molecule has 0 saturated carbocycles. The third-order valence-electron chi connectivity index (χ3n) is 8.55. The number of hydrogen-bond acceptors (Lipinski definition) is 4. The average molecular weight is 581 g/mol. The van der Waals surface area contributed by atoms with Gasteiger partial charge in [0.1, 0.15) is 5.69 Å². The van der Waals surface area contributed by atoms with Gasteiger partial charge in [-0.3, -0.25) is 0 Å². The Kier molecular flexibility index (Phi) is 5.64. The minimum Gasteiger partial charge on any atom is -0.354 e. The Morgan fingerprint density at radius 2 is 1.18 bits per heavy atom. The summed E-state index contributed by atoms with van der Waals surface area (Å²) in [6.07, 6.45) is 1.87. The number of thiophene rings is 1. The number of aromatic amines is 1. The van der Waals surface area contributed by atoms with E-state index in [0.29, 0.717) is 0 Å². The number of rotatable bonds is 4. The molecule has 206 valence electrons. The van der Waals surface area contributed by atoms with Crippen molar-refractivity contribution in [3.63, 3.8) is 0 Å². The molecular weight excluding hydrogens is 557 g/mol. The van der Waals surface area contributed by atoms with Crippen molar-refractivity contribution in [3.05, 3.63) is 140 Å². The van der Waals surface area contributed by atoms with Crippen molar-refractivity contribution in [3.8, 4) is 44.6 Å². The number of H-pyrrole nitrogens is 1. The van der Waals surface area contributed by atoms with Crippen LogP contribution in [0.3, 0.4) is 0 Å². The first-order chi connectivity index (χ1) is 21.8. The van der Waals surface area contributed by atoms with E-state index in [4.69, 9.17) is 5.10 Å². The Hall–Kier alpha value is -5.65. The van der Waals surface area contributed by atoms with Crippen molar-refractivity contribution in [2.24, 2.45) is 0 Å². The standard InChI is InChI=1S/C39H24N4S/c1-2-11-24(12-3-1)25-15-8-16-27(36(25)30-18-9-17-28-26-13-4-6-20-33(26)41-38(28)30)32-23-40-43-42-39(32)31-19-10-22-35-37(31)29-14-5-7-21-34(29)44-35/h1-23,41H. The first-order valence-electron chi connectivity index (χ1n) is 14.6. The van der Waals surface area contributed by atoms with Crippen molar-refractivity contribution in [2.45, 2.75) is 0 Å². The summed E-state index contributed by atoms with van der Waals surface area (Å²) in [7, 11) is 0. The van der Waals surface area contributed by atoms with E-state index in [1.165, 1.54) is 30.9 Å². The van der Waals surface area contributed by atoms with Crippen LogP contribution in [0.5, 0.6) is 0 Å². The summed E-state index contributed by atoms with van der Waals surface area (Å²) in [5, 5.41) is 18.1. The molecule has 0 unspecified atom stereocenters. The van der Waals surface area contributed by atoms with E-state index in [0.717, 1.165) is 55.7 Å². The van der Waals surface area contributed by atoms with Crippen LogP contribution in [0.25, 0.3) is 86.6 Å². The van der Waals surface area contributed by atoms with Crippen LogP contribution >= 0.6 is 11.3 Å². The summed E-state index contributed by atoms with van der Waals surface area (Å²) < 4.78 is 2.49. The zero-order valence-corrected chi connectivity index (χ0v) is 24.3. The summed E-state index contributed by atoms with van der Waals surface area (Å²) in [6, 6.07) is 47.3. The fourth-order valence-corrected chi connectivity index (χ4v) is 7.78. The van der Waals surface area contributed by atoms with Gasteiger partial charge in [0.05, 0.1) is 11.7 Å². The topological polar surface area (TPSA) is 54.5 Å². The maximum absolute atomic E-state index is 4.73. The van der Waals surface area contributed by atoms with E-state index in [1.807, 2.05) is 17.5 Å². The summed E-state index contributed by atoms with van der Waals surface area (Å²) in [4.78, 5) is 3.75. The van der Waals surface area contributed by atoms with Gasteiger partial charge in [0.15, 0.2) is 0 Å². The third kappa shape index (κ3) is 3.80. The van der Waals surface area contributed by atoms with Gasteiger partial charge in [0.25, 0.3) is 0 Å². The zero-order valence-electron chi connectivity index (χ0n) is 23.5. The summed E-state index contributed by atoms with van der Waals surface area (Å²) in [6.45, 7) is 0. The number of benzene rings is 6. The average Bonchev–Trinajstić information content (AvgIpc) is 3.67. The highest BCUT2D eigenvalue weighted by atomic mass is 32.1. The van der Waals surface area contributed by atoms with Crippen LogP contribution in [0.1, 0.15) is 0 Å². The van der Waals surface area contributed by atoms with Crippen molar-refractivity contribution in [1.29, 1.82) is 0 Å². The van der Waals surface area contributed by atoms with Gasteiger partial charge in [-0.1, -0.05) is 115 Å². The molecule has 5 heteroatoms. The molecule has 9 rings (SSSR count). The monoisotopic (exact) mass is 580 g/mol. The molecule has 0 atom stereocenters. The molecule has 44 heavy (non-hydrogen) atoms. The van der Waals surface area contributed by atoms with E-state index < -0.39 is 0 Å². The SMILES string of the molecule is c1ccc(-c2cccc(-c3cnnnc3-c3cccc4sc5ccccc5c34)c2-c2cccc3c2[nH]c2ccccc23)cc1. The molecule has 4 nitrogen and oxygen atoms in total. The Labute approximate surface area is 257 Å². The summed E-state index contributed by atoms with van der Waals surface area (Å²) >= 11 is 1.81. The van der Waals surface area contributed by atoms with E-state index in [2.05, 4.69) is 149 Å². The quantitative estimate of drug-likeness (QED) is 0.225. The van der Waals surface area contributed by atoms with Gasteiger partial charge in [-0.25, -0.2) is 0 Å². The molecule has 0 bridgehead atoms. The molecule has 6 aromatic carbocycles. The molecular formula is C39H24N4S. The predicted molar refractivity (Wildman–Crippen MR) is 184 cm³/mol. The van der Waals surface area contributed by atoms with Crippen molar-refractivity contribution < 1.29 is 0 Å². The number of nitrogens with one attached hydrogen (secondary N) is 1. The molecule has 0 amide bonds. The molecule has 0 saturated heterocycles. The second-order valence-corrected chi connectivity index (χ2v) is 12.0. The van der Waals surface area contributed by atoms with Crippen LogP contribution < -0.4 is 0 Å². The lowest BCUT2D eigenvalue weighted by Crippen LogP contribution is -1.98. The van der Waals surface area contributed by atoms with Gasteiger partial charge in [0, 0.05) is 53.2 Å². The van der Waals surface area contributed by atoms with Gasteiger partial charge < -0.3 is 4.98 Å². The summed E-state index contributed by atoms with van der Waals surface area (Å²) in [5.41, 5.74) is 10.7. The van der Waals surface area contributed by atoms with Crippen LogP contribution in [0.15, 0.2) is 140 Å². The molecule has 3 heterocycles. The molecule has 0 fully saturated rings. The maximum Gasteiger partial charge on any atom is 0.105 e. The number of para-hydroxylation sites is 2. The number of nitrogens with zero attached hydrogens (tertiary/aromatic N) is 3. The molecule has 0 radical (unpaired) electrons. The normalized spacial score (nSPS) is 11.6. The molecule has 0 aliphatic heterocycles. The number of hydrogen-bond donors (Lipinski definition) is 1. The van der Waals surface area contributed by atoms with E-state index in [-0.39, 0.29) is 0 Å². The largest absolute Gasteiger partial charge is 0.354 e. The minimum absolute atomic E-state index is 0.824. The molecule has 1 N–H and O–H groups in total. The lowest BCUT2D eigenvalue weighted by Gasteiger charge is -2.18. The van der Waals surface area contributed by atoms with Crippen LogP contribution in [-0.4, -0.2) is 20.4 Å². The Bertz CT molecular complexity index is 2510. The highest BCUT2D eigenvalue weighted by molar-refractivity contribution is 7.25. The third-order valence-corrected chi connectivity index (χ3v) is 9.68. The first kappa shape index (κ1) is 24.9. The highest BCUT2D eigenvalue weighted by Crippen LogP contribution is 2.47. The van der Waals surface area contributed by atoms with Crippen LogP contribution in [-0.2, 0) is 0 Å². The van der Waals surface area contributed by atoms with Crippen molar-refractivity contribution in [2.75, 3.05) is 0 Å². The van der Waals surface area contributed by atoms with Crippen LogP contribution in [0.4, 0.5) is 0 Å². The molecule has 0 spiro atoms. The van der Waals surface area contributed by atoms with E-state index in [1.54, 1.807) is 0 Å². The fraction of sp³-hybridized carbons (Fsp3) is 0. The zero-order chi connectivity index (χ0) is 29.0. The lowest BCUT2D eigenvalue weighted by atomic mass is 9.86. The minimum atomic E-state index is 0.824. The van der Waals surface area contributed by atoms with Gasteiger partial charge in [0.2, 0.25) is 0 Å². The van der Waals surface area contributed by atoms with Crippen molar-refractivity contribution >= 4 is 53.3 Å². The van der Waals surface area contributed by atoms with Gasteiger partial charge >= 0.3 is 0 Å². The molecule has 3 aromatic heterocycles. The number of aromatic nitrogens is 4. The Morgan fingerprint density at radius 3 is 2.11 bits per heavy atom. The van der Waals surface area contributed by atoms with E-state index in [9.17, 15) is 0 Å². The molecule has 0 aliphatic carbocycles. The molecule has 9 aromatic rings. The molecule has 0 aliphatic rings. The van der Waals surface area contributed by atoms with Gasteiger partial charge in [-0.15, -0.1) is 21.5 Å². The van der Waals surface area contributed by atoms with Gasteiger partial charge in [-0.2, -0.15) is 0 Å². The Morgan fingerprint density at radius 1 is 0.500 bits per heavy atom. The van der Waals surface area contributed by atoms with Gasteiger partial charge in [-0.05, 0) is 45.7 Å². The second-order valence-electron chi connectivity index (χ2n) is 11.0. The summed E-state index contributed by atoms with van der Waals surface area (Å²) in [5.74, 6) is 0. The fourth-order valence-electron chi connectivity index (χ4n) is 6.64. The van der Waals surface area contributed by atoms with Crippen molar-refractivity contribution in [1.82, 2.24) is 20.4 Å². The highest BCUT2D eigenvalue weighted by Gasteiger charge is 2.22. The number of fused-ring (bicyclic) bond motifs is 6. The Balaban J connectivity index is 1.38. The van der Waals surface area contributed by atoms with Crippen LogP contribution in [0.2, 0.25) is 0 Å². The smallest absolute Gasteiger partial charge is 0.105 e. The maximum atomic E-state index is 4.73. The lowest BCUT2D eigenvalue weighted by molar-refractivity contribution is 0.873. The second kappa shape index (κ2) is 9.97. The predicted octanol–water partition coefficient (Wildman–Crippen LogP) is 10.5. The first-order valence-corrected chi connectivity index (χ1v) is 15.4. The van der Waals surface area contributed by atoms with Crippen LogP contribution in [0, 0.1) is 0 Å².